The molecule has 0 N–H and O–H groups in total. The van der Waals surface area contributed by atoms with Gasteiger partial charge in [0.15, 0.2) is 0 Å². The number of hydrogen-bond donors (Lipinski definition) is 0. The average molecular weight is 494 g/mol. The summed E-state index contributed by atoms with van der Waals surface area (Å²) in [5.74, 6) is 0.512. The molecule has 0 radical (unpaired) electrons. The van der Waals surface area contributed by atoms with Gasteiger partial charge in [-0.3, -0.25) is 0 Å². The zero-order valence-electron chi connectivity index (χ0n) is 18.4. The number of carbonyl (C=O) groups excluding carboxylic acids is 1. The SMILES string of the molecule is [C-]#[N+]c1cc(-c2ncc(-c3ccc(CN4CC(C(=O)OC)C4)cc3)[se]2)ccc1OC(C)C. The van der Waals surface area contributed by atoms with Crippen LogP contribution in [0, 0.1) is 12.5 Å². The average Bonchev–Trinajstić information content (AvgIpc) is 3.26. The number of methoxy groups -OCH3 is 1. The number of rotatable bonds is 7. The normalized spacial score (nSPS) is 14.1. The third-order valence-electron chi connectivity index (χ3n) is 5.33. The summed E-state index contributed by atoms with van der Waals surface area (Å²) in [5.41, 5.74) is 3.90. The summed E-state index contributed by atoms with van der Waals surface area (Å²) in [6.45, 7) is 13.7. The summed E-state index contributed by atoms with van der Waals surface area (Å²) in [5, 5.41) is 0. The molecule has 4 rings (SSSR count). The van der Waals surface area contributed by atoms with Crippen molar-refractivity contribution >= 4 is 26.2 Å². The van der Waals surface area contributed by atoms with Crippen LogP contribution in [0.5, 0.6) is 5.75 Å². The van der Waals surface area contributed by atoms with Crippen LogP contribution in [0.4, 0.5) is 5.69 Å². The second-order valence-electron chi connectivity index (χ2n) is 8.10. The third kappa shape index (κ3) is 4.94. The van der Waals surface area contributed by atoms with E-state index >= 15 is 0 Å². The van der Waals surface area contributed by atoms with Crippen molar-refractivity contribution in [1.29, 1.82) is 0 Å². The molecule has 0 spiro atoms. The molecule has 1 aromatic heterocycles. The predicted octanol–water partition coefficient (Wildman–Crippen LogP) is 4.42. The summed E-state index contributed by atoms with van der Waals surface area (Å²) in [6, 6.07) is 14.3. The summed E-state index contributed by atoms with van der Waals surface area (Å²) < 4.78 is 12.8. The molecule has 6 nitrogen and oxygen atoms in total. The van der Waals surface area contributed by atoms with Gasteiger partial charge < -0.3 is 0 Å². The van der Waals surface area contributed by atoms with Crippen molar-refractivity contribution in [3.05, 3.63) is 65.6 Å². The van der Waals surface area contributed by atoms with E-state index in [-0.39, 0.29) is 32.5 Å². The number of esters is 1. The topological polar surface area (TPSA) is 56.0 Å². The Morgan fingerprint density at radius 2 is 1.94 bits per heavy atom. The standard InChI is InChI=1S/C25H25N3O3Se/c1-16(2)31-22-10-9-19(11-21(22)26-3)24-27-12-23(32-24)18-7-5-17(6-8-18)13-28-14-20(15-28)25(29)30-4/h5-12,16,20H,13-15H2,1-2,4H3. The quantitative estimate of drug-likeness (QED) is 0.277. The molecule has 1 saturated heterocycles. The number of aromatic nitrogens is 1. The number of carbonyl (C=O) groups is 1. The van der Waals surface area contributed by atoms with Crippen molar-refractivity contribution < 1.29 is 14.3 Å². The van der Waals surface area contributed by atoms with Gasteiger partial charge in [-0.2, -0.15) is 0 Å². The van der Waals surface area contributed by atoms with Crippen LogP contribution in [0.15, 0.2) is 48.7 Å². The number of hydrogen-bond acceptors (Lipinski definition) is 5. The van der Waals surface area contributed by atoms with Crippen molar-refractivity contribution in [2.24, 2.45) is 5.92 Å². The Balaban J connectivity index is 1.43. The van der Waals surface area contributed by atoms with Gasteiger partial charge in [-0.05, 0) is 0 Å². The van der Waals surface area contributed by atoms with Crippen LogP contribution in [-0.2, 0) is 16.1 Å². The molecule has 0 bridgehead atoms. The fourth-order valence-corrected chi connectivity index (χ4v) is 5.61. The van der Waals surface area contributed by atoms with Gasteiger partial charge in [0.1, 0.15) is 0 Å². The zero-order valence-corrected chi connectivity index (χ0v) is 20.1. The van der Waals surface area contributed by atoms with Crippen LogP contribution in [0.3, 0.4) is 0 Å². The summed E-state index contributed by atoms with van der Waals surface area (Å²) in [4.78, 5) is 22.0. The van der Waals surface area contributed by atoms with Crippen LogP contribution < -0.4 is 4.74 Å². The van der Waals surface area contributed by atoms with Crippen molar-refractivity contribution in [2.45, 2.75) is 26.5 Å². The first-order chi connectivity index (χ1) is 15.5. The first-order valence-electron chi connectivity index (χ1n) is 10.5. The van der Waals surface area contributed by atoms with Crippen molar-refractivity contribution in [3.63, 3.8) is 0 Å². The predicted molar refractivity (Wildman–Crippen MR) is 125 cm³/mol. The van der Waals surface area contributed by atoms with Gasteiger partial charge >= 0.3 is 194 Å². The van der Waals surface area contributed by atoms with Gasteiger partial charge in [0.25, 0.3) is 0 Å². The molecular weight excluding hydrogens is 469 g/mol. The first kappa shape index (κ1) is 22.3. The molecular formula is C25H25N3O3Se. The van der Waals surface area contributed by atoms with Gasteiger partial charge in [-0.15, -0.1) is 0 Å². The van der Waals surface area contributed by atoms with Crippen molar-refractivity contribution in [3.8, 4) is 25.9 Å². The van der Waals surface area contributed by atoms with Crippen molar-refractivity contribution in [2.75, 3.05) is 20.2 Å². The molecule has 32 heavy (non-hydrogen) atoms. The fraction of sp³-hybridized carbons (Fsp3) is 0.320. The minimum absolute atomic E-state index is 0.00977. The first-order valence-corrected chi connectivity index (χ1v) is 12.2. The Morgan fingerprint density at radius 3 is 2.59 bits per heavy atom. The minimum atomic E-state index is -0.117. The Labute approximate surface area is 194 Å². The molecule has 0 amide bonds. The van der Waals surface area contributed by atoms with Gasteiger partial charge in [0.05, 0.1) is 0 Å². The molecule has 7 heteroatoms. The zero-order chi connectivity index (χ0) is 22.7. The van der Waals surface area contributed by atoms with E-state index in [9.17, 15) is 4.79 Å². The number of benzene rings is 2. The summed E-state index contributed by atoms with van der Waals surface area (Å²) in [6.07, 6.45) is 1.97. The van der Waals surface area contributed by atoms with E-state index in [1.54, 1.807) is 0 Å². The van der Waals surface area contributed by atoms with E-state index in [1.165, 1.54) is 22.7 Å². The van der Waals surface area contributed by atoms with Gasteiger partial charge in [-0.1, -0.05) is 0 Å². The van der Waals surface area contributed by atoms with E-state index in [1.807, 2.05) is 38.2 Å². The van der Waals surface area contributed by atoms with Gasteiger partial charge in [0, 0.05) is 0 Å². The molecule has 0 unspecified atom stereocenters. The summed E-state index contributed by atoms with van der Waals surface area (Å²) in [7, 11) is 1.44. The van der Waals surface area contributed by atoms with E-state index in [0.29, 0.717) is 11.4 Å². The molecule has 1 aliphatic heterocycles. The van der Waals surface area contributed by atoms with Gasteiger partial charge in [0.2, 0.25) is 0 Å². The van der Waals surface area contributed by atoms with E-state index in [4.69, 9.17) is 16.0 Å². The molecule has 0 saturated carbocycles. The number of nitrogens with zero attached hydrogens (tertiary/aromatic N) is 3. The fourth-order valence-electron chi connectivity index (χ4n) is 3.68. The molecule has 2 heterocycles. The van der Waals surface area contributed by atoms with Crippen LogP contribution in [0.1, 0.15) is 19.4 Å². The van der Waals surface area contributed by atoms with Crippen LogP contribution >= 0.6 is 0 Å². The maximum absolute atomic E-state index is 11.5. The maximum atomic E-state index is 11.5. The number of likely N-dealkylation sites (tertiary alicyclic amines) is 1. The molecule has 2 aromatic carbocycles. The van der Waals surface area contributed by atoms with Crippen LogP contribution in [-0.4, -0.2) is 56.7 Å². The Bertz CT molecular complexity index is 1140. The van der Waals surface area contributed by atoms with Crippen LogP contribution in [0.25, 0.3) is 25.0 Å². The number of ether oxygens (including phenoxy) is 2. The van der Waals surface area contributed by atoms with Crippen molar-refractivity contribution in [1.82, 2.24) is 9.88 Å². The monoisotopic (exact) mass is 495 g/mol. The molecule has 3 aromatic rings. The third-order valence-corrected chi connectivity index (χ3v) is 7.63. The molecule has 0 aliphatic carbocycles. The van der Waals surface area contributed by atoms with E-state index in [2.05, 4.69) is 39.0 Å². The molecule has 0 atom stereocenters. The van der Waals surface area contributed by atoms with E-state index < -0.39 is 0 Å². The van der Waals surface area contributed by atoms with E-state index in [0.717, 1.165) is 29.8 Å². The van der Waals surface area contributed by atoms with Gasteiger partial charge in [-0.25, -0.2) is 0 Å². The molecule has 1 fully saturated rings. The second kappa shape index (κ2) is 9.70. The Hall–Kier alpha value is -2.91. The molecule has 1 aliphatic rings. The summed E-state index contributed by atoms with van der Waals surface area (Å²) >= 11 is 0.0758. The Kier molecular flexibility index (Phi) is 6.76. The second-order valence-corrected chi connectivity index (χ2v) is 10.3. The Morgan fingerprint density at radius 1 is 1.22 bits per heavy atom. The van der Waals surface area contributed by atoms with Crippen LogP contribution in [0.2, 0.25) is 0 Å². The molecule has 164 valence electrons.